The molecule has 31 heavy (non-hydrogen) atoms. The lowest BCUT2D eigenvalue weighted by molar-refractivity contribution is -0.129. The molecule has 0 radical (unpaired) electrons. The maximum atomic E-state index is 14.2. The van der Waals surface area contributed by atoms with E-state index in [0.29, 0.717) is 29.9 Å². The number of carbonyl (C=O) groups excluding carboxylic acids is 1. The van der Waals surface area contributed by atoms with Crippen molar-refractivity contribution < 1.29 is 9.18 Å². The number of thiophene rings is 1. The second-order valence-electron chi connectivity index (χ2n) is 8.18. The molecule has 5 rings (SSSR count). The van der Waals surface area contributed by atoms with Gasteiger partial charge in [-0.1, -0.05) is 6.07 Å². The number of piperidine rings is 1. The van der Waals surface area contributed by atoms with Crippen molar-refractivity contribution in [2.24, 2.45) is 18.9 Å². The van der Waals surface area contributed by atoms with Crippen molar-refractivity contribution >= 4 is 23.2 Å². The fourth-order valence-corrected chi connectivity index (χ4v) is 5.34. The maximum absolute atomic E-state index is 14.2. The van der Waals surface area contributed by atoms with E-state index in [2.05, 4.69) is 9.97 Å². The van der Waals surface area contributed by atoms with E-state index in [1.54, 1.807) is 18.4 Å². The number of anilines is 1. The Morgan fingerprint density at radius 3 is 2.77 bits per heavy atom. The molecular weight excluding hydrogens is 417 g/mol. The third-order valence-corrected chi connectivity index (χ3v) is 7.21. The van der Waals surface area contributed by atoms with Gasteiger partial charge in [0.1, 0.15) is 0 Å². The lowest BCUT2D eigenvalue weighted by Crippen LogP contribution is -2.38. The predicted molar refractivity (Wildman–Crippen MR) is 116 cm³/mol. The van der Waals surface area contributed by atoms with Crippen LogP contribution in [0.1, 0.15) is 4.88 Å². The van der Waals surface area contributed by atoms with Crippen molar-refractivity contribution in [3.63, 3.8) is 0 Å². The topological polar surface area (TPSA) is 71.3 Å². The van der Waals surface area contributed by atoms with Crippen LogP contribution in [0.3, 0.4) is 0 Å². The van der Waals surface area contributed by atoms with E-state index >= 15 is 0 Å². The number of fused-ring (bicyclic) bond motifs is 1. The highest BCUT2D eigenvalue weighted by Gasteiger charge is 2.59. The molecule has 1 aliphatic carbocycles. The molecule has 4 heterocycles. The fraction of sp³-hybridized carbons (Fsp3) is 0.364. The highest BCUT2D eigenvalue weighted by atomic mass is 32.1. The zero-order chi connectivity index (χ0) is 21.7. The molecule has 1 saturated heterocycles. The summed E-state index contributed by atoms with van der Waals surface area (Å²) in [6, 6.07) is 7.02. The Kier molecular flexibility index (Phi) is 4.85. The lowest BCUT2D eigenvalue weighted by atomic mass is 10.2. The van der Waals surface area contributed by atoms with Crippen LogP contribution >= 0.6 is 11.3 Å². The smallest absolute Gasteiger partial charge is 0.255 e. The molecule has 3 aromatic rings. The van der Waals surface area contributed by atoms with Crippen LogP contribution in [0.15, 0.2) is 46.8 Å². The average molecular weight is 440 g/mol. The minimum atomic E-state index is -0.514. The van der Waals surface area contributed by atoms with Gasteiger partial charge in [-0.25, -0.2) is 9.37 Å². The van der Waals surface area contributed by atoms with Crippen molar-refractivity contribution in [2.75, 3.05) is 25.0 Å². The number of nitrogens with zero attached hydrogens (tertiary/aromatic N) is 5. The molecule has 0 N–H and O–H groups in total. The van der Waals surface area contributed by atoms with Crippen LogP contribution in [0.5, 0.6) is 0 Å². The van der Waals surface area contributed by atoms with Crippen molar-refractivity contribution in [1.82, 2.24) is 19.4 Å². The van der Waals surface area contributed by atoms with Crippen LogP contribution in [0.25, 0.3) is 11.3 Å². The van der Waals surface area contributed by atoms with Gasteiger partial charge in [0.05, 0.1) is 18.3 Å². The maximum Gasteiger partial charge on any atom is 0.255 e. The summed E-state index contributed by atoms with van der Waals surface area (Å²) in [5, 5.41) is 1.98. The SMILES string of the molecule is CN(c1nc(-c2ccncc2F)cc(=O)n1C)[C@H]1[C@@H]2CN(C(=O)Cc3cccs3)C[C@@H]21. The van der Waals surface area contributed by atoms with Gasteiger partial charge in [0.15, 0.2) is 5.82 Å². The second-order valence-corrected chi connectivity index (χ2v) is 9.21. The predicted octanol–water partition coefficient (Wildman–Crippen LogP) is 2.18. The molecule has 0 bridgehead atoms. The summed E-state index contributed by atoms with van der Waals surface area (Å²) in [4.78, 5) is 38.5. The third kappa shape index (κ3) is 3.52. The summed E-state index contributed by atoms with van der Waals surface area (Å²) >= 11 is 1.60. The molecule has 0 aromatic carbocycles. The van der Waals surface area contributed by atoms with E-state index in [1.165, 1.54) is 22.9 Å². The quantitative estimate of drug-likeness (QED) is 0.610. The molecule has 2 fully saturated rings. The molecule has 0 spiro atoms. The monoisotopic (exact) mass is 439 g/mol. The summed E-state index contributed by atoms with van der Waals surface area (Å²) in [5.74, 6) is 0.859. The summed E-state index contributed by atoms with van der Waals surface area (Å²) in [6.45, 7) is 1.44. The number of pyridine rings is 1. The minimum absolute atomic E-state index is 0.164. The zero-order valence-electron chi connectivity index (χ0n) is 17.2. The summed E-state index contributed by atoms with van der Waals surface area (Å²) < 4.78 is 15.7. The molecule has 3 aromatic heterocycles. The van der Waals surface area contributed by atoms with Crippen LogP contribution in [-0.4, -0.2) is 51.5 Å². The Balaban J connectivity index is 1.32. The summed E-state index contributed by atoms with van der Waals surface area (Å²) in [5.41, 5.74) is 0.300. The average Bonchev–Trinajstić information content (AvgIpc) is 3.11. The van der Waals surface area contributed by atoms with Crippen LogP contribution < -0.4 is 10.5 Å². The van der Waals surface area contributed by atoms with E-state index in [0.717, 1.165) is 24.2 Å². The molecule has 160 valence electrons. The fourth-order valence-electron chi connectivity index (χ4n) is 4.64. The Morgan fingerprint density at radius 2 is 2.10 bits per heavy atom. The highest BCUT2D eigenvalue weighted by molar-refractivity contribution is 7.10. The first-order chi connectivity index (χ1) is 14.9. The molecule has 9 heteroatoms. The number of hydrogen-bond donors (Lipinski definition) is 0. The normalized spacial score (nSPS) is 21.8. The van der Waals surface area contributed by atoms with Gasteiger partial charge in [-0.2, -0.15) is 0 Å². The van der Waals surface area contributed by atoms with E-state index in [-0.39, 0.29) is 23.1 Å². The van der Waals surface area contributed by atoms with Crippen LogP contribution in [0.2, 0.25) is 0 Å². The van der Waals surface area contributed by atoms with E-state index < -0.39 is 5.82 Å². The first-order valence-electron chi connectivity index (χ1n) is 10.1. The van der Waals surface area contributed by atoms with Crippen molar-refractivity contribution in [3.8, 4) is 11.3 Å². The summed E-state index contributed by atoms with van der Waals surface area (Å²) in [6.07, 6.45) is 3.05. The van der Waals surface area contributed by atoms with Gasteiger partial charge in [-0.3, -0.25) is 19.1 Å². The molecule has 2 aliphatic rings. The number of likely N-dealkylation sites (tertiary alicyclic amines) is 1. The Hall–Kier alpha value is -3.07. The van der Waals surface area contributed by atoms with Gasteiger partial charge < -0.3 is 9.80 Å². The number of amides is 1. The van der Waals surface area contributed by atoms with Gasteiger partial charge in [0, 0.05) is 67.8 Å². The minimum Gasteiger partial charge on any atom is -0.342 e. The van der Waals surface area contributed by atoms with Gasteiger partial charge >= 0.3 is 0 Å². The first-order valence-corrected chi connectivity index (χ1v) is 11.0. The standard InChI is InChI=1S/C22H22FN5O2S/c1-26-19(29)9-18(14-5-6-24-10-17(14)23)25-22(26)27(2)21-15-11-28(12-16(15)21)20(30)8-13-4-3-7-31-13/h3-7,9-10,15-16,21H,8,11-12H2,1-2H3/t15-,16+,21+. The Labute approximate surface area is 182 Å². The largest absolute Gasteiger partial charge is 0.342 e. The van der Waals surface area contributed by atoms with Crippen LogP contribution in [0.4, 0.5) is 10.3 Å². The number of carbonyl (C=O) groups is 1. The molecule has 0 unspecified atom stereocenters. The van der Waals surface area contributed by atoms with Gasteiger partial charge in [-0.15, -0.1) is 11.3 Å². The molecule has 7 nitrogen and oxygen atoms in total. The lowest BCUT2D eigenvalue weighted by Gasteiger charge is -2.26. The highest BCUT2D eigenvalue weighted by Crippen LogP contribution is 2.49. The number of rotatable bonds is 5. The van der Waals surface area contributed by atoms with Gasteiger partial charge in [0.2, 0.25) is 11.9 Å². The summed E-state index contributed by atoms with van der Waals surface area (Å²) in [7, 11) is 3.58. The number of halogens is 1. The molecule has 1 saturated carbocycles. The Morgan fingerprint density at radius 1 is 1.32 bits per heavy atom. The van der Waals surface area contributed by atoms with E-state index in [9.17, 15) is 14.0 Å². The molecular formula is C22H22FN5O2S. The zero-order valence-corrected chi connectivity index (χ0v) is 18.1. The van der Waals surface area contributed by atoms with Crippen molar-refractivity contribution in [2.45, 2.75) is 12.5 Å². The third-order valence-electron chi connectivity index (χ3n) is 6.33. The Bertz CT molecular complexity index is 1180. The molecule has 1 amide bonds. The number of hydrogen-bond acceptors (Lipinski definition) is 6. The van der Waals surface area contributed by atoms with Gasteiger partial charge in [0.25, 0.3) is 5.56 Å². The van der Waals surface area contributed by atoms with E-state index in [1.807, 2.05) is 34.4 Å². The first kappa shape index (κ1) is 19.9. The van der Waals surface area contributed by atoms with Crippen LogP contribution in [-0.2, 0) is 18.3 Å². The van der Waals surface area contributed by atoms with Gasteiger partial charge in [-0.05, 0) is 17.5 Å². The second kappa shape index (κ2) is 7.56. The molecule has 3 atom stereocenters. The van der Waals surface area contributed by atoms with Crippen molar-refractivity contribution in [1.29, 1.82) is 0 Å². The number of aromatic nitrogens is 3. The van der Waals surface area contributed by atoms with Crippen molar-refractivity contribution in [3.05, 3.63) is 63.1 Å². The van der Waals surface area contributed by atoms with Crippen LogP contribution in [0, 0.1) is 17.7 Å². The molecule has 1 aliphatic heterocycles. The van der Waals surface area contributed by atoms with E-state index in [4.69, 9.17) is 0 Å².